The molecule has 1 heterocycles. The third kappa shape index (κ3) is 2.08. The molecule has 0 aliphatic carbocycles. The SMILES string of the molecule is COc1ccc2nc(-c3cc(C)ccc3C)oc2c1. The number of hydrogen-bond acceptors (Lipinski definition) is 3. The maximum Gasteiger partial charge on any atom is 0.227 e. The summed E-state index contributed by atoms with van der Waals surface area (Å²) in [4.78, 5) is 4.54. The van der Waals surface area contributed by atoms with Crippen LogP contribution in [-0.2, 0) is 0 Å². The number of fused-ring (bicyclic) bond motifs is 1. The van der Waals surface area contributed by atoms with Gasteiger partial charge in [-0.25, -0.2) is 4.98 Å². The number of nitrogens with zero attached hydrogens (tertiary/aromatic N) is 1. The molecule has 0 atom stereocenters. The molecule has 0 amide bonds. The Balaban J connectivity index is 2.17. The highest BCUT2D eigenvalue weighted by atomic mass is 16.5. The Bertz CT molecular complexity index is 744. The summed E-state index contributed by atoms with van der Waals surface area (Å²) in [6.45, 7) is 4.12. The maximum absolute atomic E-state index is 5.84. The van der Waals surface area contributed by atoms with Crippen molar-refractivity contribution < 1.29 is 9.15 Å². The Hall–Kier alpha value is -2.29. The fourth-order valence-electron chi connectivity index (χ4n) is 2.11. The van der Waals surface area contributed by atoms with E-state index in [9.17, 15) is 0 Å². The number of hydrogen-bond donors (Lipinski definition) is 0. The number of benzene rings is 2. The quantitative estimate of drug-likeness (QED) is 0.689. The number of aryl methyl sites for hydroxylation is 2. The van der Waals surface area contributed by atoms with Gasteiger partial charge >= 0.3 is 0 Å². The second-order valence-electron chi connectivity index (χ2n) is 4.67. The lowest BCUT2D eigenvalue weighted by molar-refractivity contribution is 0.414. The van der Waals surface area contributed by atoms with Crippen molar-refractivity contribution in [3.05, 3.63) is 47.5 Å². The molecule has 0 spiro atoms. The Kier molecular flexibility index (Phi) is 2.75. The van der Waals surface area contributed by atoms with Gasteiger partial charge in [-0.1, -0.05) is 17.7 Å². The zero-order valence-electron chi connectivity index (χ0n) is 11.2. The predicted molar refractivity (Wildman–Crippen MR) is 75.5 cm³/mol. The smallest absolute Gasteiger partial charge is 0.227 e. The summed E-state index contributed by atoms with van der Waals surface area (Å²) in [5, 5.41) is 0. The summed E-state index contributed by atoms with van der Waals surface area (Å²) >= 11 is 0. The molecule has 0 aliphatic rings. The molecule has 0 saturated carbocycles. The number of rotatable bonds is 2. The molecule has 3 nitrogen and oxygen atoms in total. The monoisotopic (exact) mass is 253 g/mol. The first-order valence-corrected chi connectivity index (χ1v) is 6.19. The Morgan fingerprint density at radius 3 is 2.68 bits per heavy atom. The van der Waals surface area contributed by atoms with Gasteiger partial charge in [0.25, 0.3) is 0 Å². The van der Waals surface area contributed by atoms with Crippen molar-refractivity contribution in [3.8, 4) is 17.2 Å². The first kappa shape index (κ1) is 11.8. The van der Waals surface area contributed by atoms with Crippen LogP contribution in [0.5, 0.6) is 5.75 Å². The summed E-state index contributed by atoms with van der Waals surface area (Å²) in [6.07, 6.45) is 0. The molecule has 19 heavy (non-hydrogen) atoms. The molecule has 3 rings (SSSR count). The minimum Gasteiger partial charge on any atom is -0.497 e. The molecule has 0 radical (unpaired) electrons. The van der Waals surface area contributed by atoms with Crippen molar-refractivity contribution in [1.82, 2.24) is 4.98 Å². The second-order valence-corrected chi connectivity index (χ2v) is 4.67. The number of aromatic nitrogens is 1. The highest BCUT2D eigenvalue weighted by Gasteiger charge is 2.11. The molecule has 3 aromatic rings. The molecule has 0 fully saturated rings. The lowest BCUT2D eigenvalue weighted by atomic mass is 10.1. The van der Waals surface area contributed by atoms with Crippen LogP contribution in [0.3, 0.4) is 0 Å². The summed E-state index contributed by atoms with van der Waals surface area (Å²) < 4.78 is 11.0. The maximum atomic E-state index is 5.84. The lowest BCUT2D eigenvalue weighted by Gasteiger charge is -2.02. The third-order valence-electron chi connectivity index (χ3n) is 3.22. The standard InChI is InChI=1S/C16H15NO2/c1-10-4-5-11(2)13(8-10)16-17-14-7-6-12(18-3)9-15(14)19-16/h4-9H,1-3H3. The fourth-order valence-corrected chi connectivity index (χ4v) is 2.11. The normalized spacial score (nSPS) is 10.9. The van der Waals surface area contributed by atoms with Crippen LogP contribution in [0.25, 0.3) is 22.6 Å². The van der Waals surface area contributed by atoms with Crippen LogP contribution in [-0.4, -0.2) is 12.1 Å². The molecule has 0 aliphatic heterocycles. The molecule has 0 bridgehead atoms. The van der Waals surface area contributed by atoms with E-state index in [4.69, 9.17) is 9.15 Å². The molecule has 1 aromatic heterocycles. The van der Waals surface area contributed by atoms with E-state index in [0.29, 0.717) is 5.89 Å². The molecular weight excluding hydrogens is 238 g/mol. The Morgan fingerprint density at radius 1 is 1.05 bits per heavy atom. The van der Waals surface area contributed by atoms with Crippen LogP contribution in [0.2, 0.25) is 0 Å². The molecule has 0 unspecified atom stereocenters. The average molecular weight is 253 g/mol. The zero-order chi connectivity index (χ0) is 13.4. The van der Waals surface area contributed by atoms with Gasteiger partial charge in [0.2, 0.25) is 5.89 Å². The van der Waals surface area contributed by atoms with Crippen LogP contribution in [0.1, 0.15) is 11.1 Å². The summed E-state index contributed by atoms with van der Waals surface area (Å²) in [5.41, 5.74) is 4.98. The van der Waals surface area contributed by atoms with Crippen molar-refractivity contribution in [3.63, 3.8) is 0 Å². The van der Waals surface area contributed by atoms with Gasteiger partial charge in [0, 0.05) is 11.6 Å². The van der Waals surface area contributed by atoms with Crippen LogP contribution in [0.4, 0.5) is 0 Å². The van der Waals surface area contributed by atoms with Gasteiger partial charge in [0.05, 0.1) is 7.11 Å². The molecular formula is C16H15NO2. The van der Waals surface area contributed by atoms with Crippen LogP contribution >= 0.6 is 0 Å². The van der Waals surface area contributed by atoms with Gasteiger partial charge < -0.3 is 9.15 Å². The lowest BCUT2D eigenvalue weighted by Crippen LogP contribution is -1.84. The molecule has 0 N–H and O–H groups in total. The summed E-state index contributed by atoms with van der Waals surface area (Å²) in [7, 11) is 1.64. The van der Waals surface area contributed by atoms with Crippen LogP contribution < -0.4 is 4.74 Å². The molecule has 3 heteroatoms. The van der Waals surface area contributed by atoms with E-state index in [1.165, 1.54) is 5.56 Å². The molecule has 0 saturated heterocycles. The van der Waals surface area contributed by atoms with Crippen molar-refractivity contribution in [1.29, 1.82) is 0 Å². The van der Waals surface area contributed by atoms with Gasteiger partial charge in [-0.05, 0) is 37.6 Å². The second kappa shape index (κ2) is 4.43. The van der Waals surface area contributed by atoms with E-state index in [-0.39, 0.29) is 0 Å². The number of ether oxygens (including phenoxy) is 1. The summed E-state index contributed by atoms with van der Waals surface area (Å²) in [6, 6.07) is 11.9. The molecule has 2 aromatic carbocycles. The van der Waals surface area contributed by atoms with Gasteiger partial charge in [-0.3, -0.25) is 0 Å². The van der Waals surface area contributed by atoms with Crippen LogP contribution in [0, 0.1) is 13.8 Å². The van der Waals surface area contributed by atoms with Crippen molar-refractivity contribution in [2.75, 3.05) is 7.11 Å². The number of methoxy groups -OCH3 is 1. The first-order chi connectivity index (χ1) is 9.17. The highest BCUT2D eigenvalue weighted by molar-refractivity contribution is 5.78. The van der Waals surface area contributed by atoms with E-state index >= 15 is 0 Å². The van der Waals surface area contributed by atoms with E-state index in [0.717, 1.165) is 28.0 Å². The van der Waals surface area contributed by atoms with E-state index in [1.54, 1.807) is 7.11 Å². The zero-order valence-corrected chi connectivity index (χ0v) is 11.2. The Labute approximate surface area is 111 Å². The topological polar surface area (TPSA) is 35.3 Å². The minimum atomic E-state index is 0.657. The summed E-state index contributed by atoms with van der Waals surface area (Å²) in [5.74, 6) is 1.43. The van der Waals surface area contributed by atoms with Gasteiger partial charge in [-0.2, -0.15) is 0 Å². The number of oxazole rings is 1. The van der Waals surface area contributed by atoms with Gasteiger partial charge in [0.15, 0.2) is 5.58 Å². The van der Waals surface area contributed by atoms with Crippen molar-refractivity contribution in [2.24, 2.45) is 0 Å². The van der Waals surface area contributed by atoms with Gasteiger partial charge in [0.1, 0.15) is 11.3 Å². The highest BCUT2D eigenvalue weighted by Crippen LogP contribution is 2.29. The van der Waals surface area contributed by atoms with E-state index in [2.05, 4.69) is 37.0 Å². The van der Waals surface area contributed by atoms with Crippen LogP contribution in [0.15, 0.2) is 40.8 Å². The largest absolute Gasteiger partial charge is 0.497 e. The first-order valence-electron chi connectivity index (χ1n) is 6.19. The predicted octanol–water partition coefficient (Wildman–Crippen LogP) is 4.12. The fraction of sp³-hybridized carbons (Fsp3) is 0.188. The minimum absolute atomic E-state index is 0.657. The van der Waals surface area contributed by atoms with Gasteiger partial charge in [-0.15, -0.1) is 0 Å². The van der Waals surface area contributed by atoms with Crippen molar-refractivity contribution >= 4 is 11.1 Å². The Morgan fingerprint density at radius 2 is 1.89 bits per heavy atom. The average Bonchev–Trinajstić information content (AvgIpc) is 2.83. The molecule has 96 valence electrons. The third-order valence-corrected chi connectivity index (χ3v) is 3.22. The van der Waals surface area contributed by atoms with E-state index in [1.807, 2.05) is 18.2 Å². The van der Waals surface area contributed by atoms with E-state index < -0.39 is 0 Å². The van der Waals surface area contributed by atoms with Crippen molar-refractivity contribution in [2.45, 2.75) is 13.8 Å².